The maximum atomic E-state index is 10.6. The average Bonchev–Trinajstić information content (AvgIpc) is 2.48. The van der Waals surface area contributed by atoms with Crippen LogP contribution >= 0.6 is 0 Å². The summed E-state index contributed by atoms with van der Waals surface area (Å²) in [5.74, 6) is -0.0340. The van der Waals surface area contributed by atoms with Gasteiger partial charge < -0.3 is 12.6 Å². The van der Waals surface area contributed by atoms with Gasteiger partial charge in [0.2, 0.25) is 0 Å². The summed E-state index contributed by atoms with van der Waals surface area (Å²) >= 11 is -4.21. The van der Waals surface area contributed by atoms with Gasteiger partial charge in [-0.2, -0.15) is 4.73 Å². The molecule has 131 valence electrons. The van der Waals surface area contributed by atoms with Crippen molar-refractivity contribution in [3.05, 3.63) is 72.8 Å². The third kappa shape index (κ3) is 12.1. The third-order valence-corrected chi connectivity index (χ3v) is 2.25. The molecule has 0 aliphatic rings. The Morgan fingerprint density at radius 3 is 1.83 bits per heavy atom. The van der Waals surface area contributed by atoms with Crippen LogP contribution < -0.4 is 4.73 Å². The number of ketones is 2. The van der Waals surface area contributed by atoms with Crippen molar-refractivity contribution >= 4 is 11.6 Å². The maximum absolute atomic E-state index is 10.6. The van der Waals surface area contributed by atoms with Gasteiger partial charge in [0.25, 0.3) is 0 Å². The van der Waals surface area contributed by atoms with Gasteiger partial charge in [0.15, 0.2) is 24.0 Å². The molecule has 8 nitrogen and oxygen atoms in total. The number of nitrogens with zero attached hydrogens (tertiary/aromatic N) is 2. The molecule has 0 saturated heterocycles. The first-order chi connectivity index (χ1) is 10.7. The number of rotatable bonds is 2. The molecule has 24 heavy (non-hydrogen) atoms. The van der Waals surface area contributed by atoms with E-state index in [2.05, 4.69) is 4.98 Å². The van der Waals surface area contributed by atoms with E-state index in [1.807, 2.05) is 0 Å². The second kappa shape index (κ2) is 13.0. The van der Waals surface area contributed by atoms with Crippen LogP contribution in [-0.2, 0) is 27.0 Å². The number of Topliss-reactive ketones (excluding diaryl/α,β-unsaturated/α-hetero) is 2. The van der Waals surface area contributed by atoms with Crippen LogP contribution in [0, 0.1) is 12.6 Å². The molecule has 0 unspecified atom stereocenters. The SMILES string of the molecule is CC(=O)c1ccc[n+]([O-])c1.CC(=O)c1cccnc1.[CH3-].[O]=[Re](=[O])=[O]. The fraction of sp³-hybridized carbons (Fsp3) is 0.133. The van der Waals surface area contributed by atoms with Gasteiger partial charge in [0.1, 0.15) is 0 Å². The van der Waals surface area contributed by atoms with Gasteiger partial charge in [-0.3, -0.25) is 14.6 Å². The second-order valence-electron chi connectivity index (χ2n) is 4.00. The number of hydrogen-bond donors (Lipinski definition) is 0. The number of hydrogen-bond acceptors (Lipinski definition) is 7. The van der Waals surface area contributed by atoms with E-state index in [0.29, 0.717) is 15.9 Å². The normalized spacial score (nSPS) is 8.25. The monoisotopic (exact) mass is 508 g/mol. The molecule has 0 aliphatic carbocycles. The Morgan fingerprint density at radius 1 is 1.04 bits per heavy atom. The Balaban J connectivity index is 0. The first kappa shape index (κ1) is 23.8. The Kier molecular flexibility index (Phi) is 12.9. The van der Waals surface area contributed by atoms with Crippen LogP contribution in [0.3, 0.4) is 0 Å². The van der Waals surface area contributed by atoms with Gasteiger partial charge in [0.05, 0.1) is 5.56 Å². The molecule has 0 amide bonds. The van der Waals surface area contributed by atoms with Crippen LogP contribution in [0.4, 0.5) is 0 Å². The number of carbonyl (C=O) groups is 2. The quantitative estimate of drug-likeness (QED) is 0.263. The summed E-state index contributed by atoms with van der Waals surface area (Å²) in [6, 6.07) is 6.65. The van der Waals surface area contributed by atoms with E-state index in [-0.39, 0.29) is 19.0 Å². The zero-order valence-electron chi connectivity index (χ0n) is 13.3. The van der Waals surface area contributed by atoms with Crippen molar-refractivity contribution in [2.24, 2.45) is 0 Å². The summed E-state index contributed by atoms with van der Waals surface area (Å²) < 4.78 is 26.4. The molecule has 0 atom stereocenters. The molecular weight excluding hydrogens is 490 g/mol. The molecule has 9 heteroatoms. The Bertz CT molecular complexity index is 754. The average molecular weight is 508 g/mol. The second-order valence-corrected chi connectivity index (χ2v) is 5.35. The van der Waals surface area contributed by atoms with E-state index in [4.69, 9.17) is 10.4 Å². The van der Waals surface area contributed by atoms with Gasteiger partial charge in [-0.25, -0.2) is 0 Å². The minimum absolute atomic E-state index is 0. The molecule has 2 rings (SSSR count). The van der Waals surface area contributed by atoms with Crippen molar-refractivity contribution in [1.82, 2.24) is 4.98 Å². The standard InChI is InChI=1S/C7H7NO2.C7H7NO.CH3.3O.Re/c1-6(9)7-3-2-4-8(10)5-7;1-6(9)7-3-2-4-8-5-7;;;;;/h2-5H,1H3;2-5H,1H3;1H3;;;;/q;;-1;;;;. The van der Waals surface area contributed by atoms with Crippen molar-refractivity contribution in [3.63, 3.8) is 0 Å². The van der Waals surface area contributed by atoms with Crippen LogP contribution in [0.5, 0.6) is 0 Å². The van der Waals surface area contributed by atoms with Crippen LogP contribution in [0.1, 0.15) is 34.6 Å². The summed E-state index contributed by atoms with van der Waals surface area (Å²) in [4.78, 5) is 25.0. The Hall–Kier alpha value is -2.50. The molecule has 0 N–H and O–H groups in total. The number of aromatic nitrogens is 2. The number of pyridine rings is 2. The van der Waals surface area contributed by atoms with Crippen LogP contribution in [0.15, 0.2) is 49.1 Å². The van der Waals surface area contributed by atoms with Crippen LogP contribution in [0.25, 0.3) is 0 Å². The molecule has 0 spiro atoms. The van der Waals surface area contributed by atoms with Gasteiger partial charge in [-0.15, -0.1) is 0 Å². The molecule has 0 fully saturated rings. The predicted octanol–water partition coefficient (Wildman–Crippen LogP) is 1.90. The molecule has 0 saturated carbocycles. The molecule has 0 bridgehead atoms. The van der Waals surface area contributed by atoms with Gasteiger partial charge in [-0.1, -0.05) is 0 Å². The van der Waals surface area contributed by atoms with Gasteiger partial charge >= 0.3 is 27.0 Å². The van der Waals surface area contributed by atoms with Crippen molar-refractivity contribution < 1.29 is 41.4 Å². The van der Waals surface area contributed by atoms with Gasteiger partial charge in [-0.05, 0) is 32.0 Å². The molecule has 2 aromatic heterocycles. The zero-order valence-corrected chi connectivity index (χ0v) is 16.1. The van der Waals surface area contributed by atoms with E-state index in [9.17, 15) is 14.8 Å². The predicted molar refractivity (Wildman–Crippen MR) is 78.1 cm³/mol. The van der Waals surface area contributed by atoms with Crippen LogP contribution in [0.2, 0.25) is 0 Å². The van der Waals surface area contributed by atoms with Gasteiger partial charge in [0, 0.05) is 24.0 Å². The summed E-state index contributed by atoms with van der Waals surface area (Å²) in [6.45, 7) is 2.95. The molecule has 2 aromatic rings. The molecule has 0 radical (unpaired) electrons. The summed E-state index contributed by atoms with van der Waals surface area (Å²) in [6.07, 6.45) is 5.80. The fourth-order valence-electron chi connectivity index (χ4n) is 1.23. The molecule has 2 heterocycles. The van der Waals surface area contributed by atoms with E-state index < -0.39 is 16.6 Å². The van der Waals surface area contributed by atoms with E-state index >= 15 is 0 Å². The minimum atomic E-state index is -4.21. The Labute approximate surface area is 144 Å². The fourth-order valence-corrected chi connectivity index (χ4v) is 1.23. The first-order valence-corrected chi connectivity index (χ1v) is 9.40. The zero-order chi connectivity index (χ0) is 17.8. The summed E-state index contributed by atoms with van der Waals surface area (Å²) in [5, 5.41) is 10.6. The van der Waals surface area contributed by atoms with Crippen LogP contribution in [-0.4, -0.2) is 16.6 Å². The summed E-state index contributed by atoms with van der Waals surface area (Å²) in [7, 11) is 0. The third-order valence-electron chi connectivity index (χ3n) is 2.25. The molecular formula is C15H17N2O6Re-. The van der Waals surface area contributed by atoms with Crippen molar-refractivity contribution in [2.75, 3.05) is 0 Å². The molecule has 0 aliphatic heterocycles. The Morgan fingerprint density at radius 2 is 1.54 bits per heavy atom. The van der Waals surface area contributed by atoms with Crippen molar-refractivity contribution in [1.29, 1.82) is 0 Å². The van der Waals surface area contributed by atoms with Crippen molar-refractivity contribution in [2.45, 2.75) is 13.8 Å². The van der Waals surface area contributed by atoms with E-state index in [0.717, 1.165) is 0 Å². The van der Waals surface area contributed by atoms with Crippen molar-refractivity contribution in [3.8, 4) is 0 Å². The van der Waals surface area contributed by atoms with E-state index in [1.165, 1.54) is 26.2 Å². The summed E-state index contributed by atoms with van der Waals surface area (Å²) in [5.41, 5.74) is 1.11. The first-order valence-electron chi connectivity index (χ1n) is 6.07. The molecule has 0 aromatic carbocycles. The number of carbonyl (C=O) groups excluding carboxylic acids is 2. The van der Waals surface area contributed by atoms with E-state index in [1.54, 1.807) is 36.7 Å². The topological polar surface area (TPSA) is 125 Å².